The number of nitrogens with zero attached hydrogens (tertiary/aromatic N) is 4. The second-order valence-electron chi connectivity index (χ2n) is 7.12. The molecular weight excluding hydrogens is 340 g/mol. The summed E-state index contributed by atoms with van der Waals surface area (Å²) in [6.45, 7) is 8.46. The SMILES string of the molecule is Cc1cccc(N2CCN(c3ccc(C(=O)N4CCOCC4)cn3)CC2)c1. The molecule has 2 aliphatic rings. The maximum Gasteiger partial charge on any atom is 0.255 e. The summed E-state index contributed by atoms with van der Waals surface area (Å²) >= 11 is 0. The van der Waals surface area contributed by atoms with E-state index >= 15 is 0 Å². The highest BCUT2D eigenvalue weighted by Gasteiger charge is 2.21. The van der Waals surface area contributed by atoms with E-state index in [1.54, 1.807) is 6.20 Å². The number of ether oxygens (including phenoxy) is 1. The summed E-state index contributed by atoms with van der Waals surface area (Å²) < 4.78 is 5.31. The highest BCUT2D eigenvalue weighted by atomic mass is 16.5. The van der Waals surface area contributed by atoms with Crippen LogP contribution < -0.4 is 9.80 Å². The molecule has 3 heterocycles. The first-order valence-electron chi connectivity index (χ1n) is 9.60. The molecule has 0 unspecified atom stereocenters. The largest absolute Gasteiger partial charge is 0.378 e. The van der Waals surface area contributed by atoms with Gasteiger partial charge in [-0.25, -0.2) is 4.98 Å². The fourth-order valence-corrected chi connectivity index (χ4v) is 3.67. The first kappa shape index (κ1) is 17.8. The van der Waals surface area contributed by atoms with E-state index < -0.39 is 0 Å². The van der Waals surface area contributed by atoms with Gasteiger partial charge in [0.2, 0.25) is 0 Å². The zero-order valence-electron chi connectivity index (χ0n) is 15.8. The molecule has 27 heavy (non-hydrogen) atoms. The van der Waals surface area contributed by atoms with Crippen LogP contribution in [0, 0.1) is 6.92 Å². The van der Waals surface area contributed by atoms with Gasteiger partial charge in [-0.15, -0.1) is 0 Å². The van der Waals surface area contributed by atoms with Gasteiger partial charge in [0.05, 0.1) is 18.8 Å². The van der Waals surface area contributed by atoms with Crippen LogP contribution in [0.15, 0.2) is 42.6 Å². The second-order valence-corrected chi connectivity index (χ2v) is 7.12. The van der Waals surface area contributed by atoms with Gasteiger partial charge in [0.15, 0.2) is 0 Å². The summed E-state index contributed by atoms with van der Waals surface area (Å²) in [7, 11) is 0. The van der Waals surface area contributed by atoms with E-state index in [9.17, 15) is 4.79 Å². The summed E-state index contributed by atoms with van der Waals surface area (Å²) in [4.78, 5) is 23.6. The van der Waals surface area contributed by atoms with Crippen LogP contribution in [0.5, 0.6) is 0 Å². The summed E-state index contributed by atoms with van der Waals surface area (Å²) in [5.74, 6) is 0.985. The normalized spacial score (nSPS) is 17.9. The van der Waals surface area contributed by atoms with Crippen molar-refractivity contribution in [2.45, 2.75) is 6.92 Å². The summed E-state index contributed by atoms with van der Waals surface area (Å²) in [6.07, 6.45) is 1.71. The zero-order valence-corrected chi connectivity index (χ0v) is 15.8. The molecular formula is C21H26N4O2. The Morgan fingerprint density at radius 3 is 2.37 bits per heavy atom. The van der Waals surface area contributed by atoms with Crippen molar-refractivity contribution in [3.05, 3.63) is 53.7 Å². The Balaban J connectivity index is 1.36. The fraction of sp³-hybridized carbons (Fsp3) is 0.429. The van der Waals surface area contributed by atoms with Crippen molar-refractivity contribution in [1.82, 2.24) is 9.88 Å². The van der Waals surface area contributed by atoms with E-state index in [0.717, 1.165) is 32.0 Å². The van der Waals surface area contributed by atoms with Crippen molar-refractivity contribution in [2.75, 3.05) is 62.3 Å². The minimum Gasteiger partial charge on any atom is -0.378 e. The average Bonchev–Trinajstić information content (AvgIpc) is 2.74. The Bertz CT molecular complexity index is 779. The van der Waals surface area contributed by atoms with Crippen LogP contribution in [0.2, 0.25) is 0 Å². The van der Waals surface area contributed by atoms with Gasteiger partial charge in [-0.05, 0) is 36.8 Å². The lowest BCUT2D eigenvalue weighted by Crippen LogP contribution is -2.46. The van der Waals surface area contributed by atoms with Crippen molar-refractivity contribution >= 4 is 17.4 Å². The van der Waals surface area contributed by atoms with Crippen LogP contribution in [0.3, 0.4) is 0 Å². The molecule has 1 aromatic carbocycles. The third-order valence-electron chi connectivity index (χ3n) is 5.26. The molecule has 1 amide bonds. The smallest absolute Gasteiger partial charge is 0.255 e. The highest BCUT2D eigenvalue weighted by Crippen LogP contribution is 2.20. The van der Waals surface area contributed by atoms with Gasteiger partial charge >= 0.3 is 0 Å². The number of carbonyl (C=O) groups is 1. The summed E-state index contributed by atoms with van der Waals surface area (Å²) in [6, 6.07) is 12.5. The van der Waals surface area contributed by atoms with Crippen molar-refractivity contribution in [2.24, 2.45) is 0 Å². The number of benzene rings is 1. The van der Waals surface area contributed by atoms with Crippen molar-refractivity contribution in [1.29, 1.82) is 0 Å². The van der Waals surface area contributed by atoms with Gasteiger partial charge in [-0.2, -0.15) is 0 Å². The zero-order chi connectivity index (χ0) is 18.6. The highest BCUT2D eigenvalue weighted by molar-refractivity contribution is 5.94. The number of amides is 1. The molecule has 2 fully saturated rings. The number of piperazine rings is 1. The maximum atomic E-state index is 12.5. The molecule has 2 aliphatic heterocycles. The number of hydrogen-bond donors (Lipinski definition) is 0. The first-order valence-corrected chi connectivity index (χ1v) is 9.60. The molecule has 142 valence electrons. The Labute approximate surface area is 160 Å². The monoisotopic (exact) mass is 366 g/mol. The van der Waals surface area contributed by atoms with Crippen molar-refractivity contribution in [3.63, 3.8) is 0 Å². The predicted molar refractivity (Wildman–Crippen MR) is 107 cm³/mol. The van der Waals surface area contributed by atoms with Gasteiger partial charge in [-0.3, -0.25) is 4.79 Å². The standard InChI is InChI=1S/C21H26N4O2/c1-17-3-2-4-19(15-17)23-7-9-24(10-8-23)20-6-5-18(16-22-20)21(26)25-11-13-27-14-12-25/h2-6,15-16H,7-14H2,1H3. The molecule has 6 heteroatoms. The Morgan fingerprint density at radius 1 is 0.963 bits per heavy atom. The third-order valence-corrected chi connectivity index (χ3v) is 5.26. The molecule has 0 bridgehead atoms. The lowest BCUT2D eigenvalue weighted by atomic mass is 10.2. The number of morpholine rings is 1. The number of carbonyl (C=O) groups excluding carboxylic acids is 1. The van der Waals surface area contributed by atoms with Crippen LogP contribution in [0.25, 0.3) is 0 Å². The molecule has 1 aromatic heterocycles. The lowest BCUT2D eigenvalue weighted by molar-refractivity contribution is 0.0302. The van der Waals surface area contributed by atoms with Gasteiger partial charge in [0.1, 0.15) is 5.82 Å². The maximum absolute atomic E-state index is 12.5. The topological polar surface area (TPSA) is 48.9 Å². The number of aromatic nitrogens is 1. The Morgan fingerprint density at radius 2 is 1.70 bits per heavy atom. The molecule has 0 aliphatic carbocycles. The molecule has 4 rings (SSSR count). The van der Waals surface area contributed by atoms with E-state index in [2.05, 4.69) is 46.0 Å². The van der Waals surface area contributed by atoms with Gasteiger partial charge in [0.25, 0.3) is 5.91 Å². The third kappa shape index (κ3) is 4.06. The number of aryl methyl sites for hydroxylation is 1. The van der Waals surface area contributed by atoms with E-state index in [-0.39, 0.29) is 5.91 Å². The minimum atomic E-state index is 0.0432. The molecule has 0 spiro atoms. The average molecular weight is 366 g/mol. The minimum absolute atomic E-state index is 0.0432. The van der Waals surface area contributed by atoms with Gasteiger partial charge in [0, 0.05) is 51.2 Å². The van der Waals surface area contributed by atoms with E-state index in [1.807, 2.05) is 17.0 Å². The van der Waals surface area contributed by atoms with E-state index in [0.29, 0.717) is 31.9 Å². The van der Waals surface area contributed by atoms with E-state index in [4.69, 9.17) is 4.74 Å². The van der Waals surface area contributed by atoms with Crippen LogP contribution >= 0.6 is 0 Å². The Kier molecular flexibility index (Phi) is 5.25. The lowest BCUT2D eigenvalue weighted by Gasteiger charge is -2.37. The van der Waals surface area contributed by atoms with Crippen LogP contribution in [0.4, 0.5) is 11.5 Å². The molecule has 6 nitrogen and oxygen atoms in total. The predicted octanol–water partition coefficient (Wildman–Crippen LogP) is 2.19. The van der Waals surface area contributed by atoms with Crippen LogP contribution in [0.1, 0.15) is 15.9 Å². The second kappa shape index (κ2) is 7.96. The number of rotatable bonds is 3. The van der Waals surface area contributed by atoms with Crippen LogP contribution in [-0.4, -0.2) is 68.3 Å². The molecule has 0 saturated carbocycles. The van der Waals surface area contributed by atoms with Crippen LogP contribution in [-0.2, 0) is 4.74 Å². The summed E-state index contributed by atoms with van der Waals surface area (Å²) in [5.41, 5.74) is 3.23. The van der Waals surface area contributed by atoms with Crippen molar-refractivity contribution in [3.8, 4) is 0 Å². The fourth-order valence-electron chi connectivity index (χ4n) is 3.67. The summed E-state index contributed by atoms with van der Waals surface area (Å²) in [5, 5.41) is 0. The van der Waals surface area contributed by atoms with E-state index in [1.165, 1.54) is 11.3 Å². The number of pyridine rings is 1. The van der Waals surface area contributed by atoms with Crippen molar-refractivity contribution < 1.29 is 9.53 Å². The quantitative estimate of drug-likeness (QED) is 0.833. The van der Waals surface area contributed by atoms with Gasteiger partial charge < -0.3 is 19.4 Å². The molecule has 0 radical (unpaired) electrons. The first-order chi connectivity index (χ1) is 13.2. The molecule has 2 aromatic rings. The molecule has 0 N–H and O–H groups in total. The molecule has 0 atom stereocenters. The molecule has 2 saturated heterocycles. The van der Waals surface area contributed by atoms with Gasteiger partial charge in [-0.1, -0.05) is 12.1 Å². The number of hydrogen-bond acceptors (Lipinski definition) is 5. The Hall–Kier alpha value is -2.60. The number of anilines is 2.